The van der Waals surface area contributed by atoms with Crippen LogP contribution in [-0.2, 0) is 10.0 Å². The minimum atomic E-state index is -3.55. The van der Waals surface area contributed by atoms with E-state index in [2.05, 4.69) is 10.0 Å². The topological polar surface area (TPSA) is 78.5 Å². The summed E-state index contributed by atoms with van der Waals surface area (Å²) in [6.45, 7) is 4.08. The first-order valence-corrected chi connectivity index (χ1v) is 11.1. The van der Waals surface area contributed by atoms with E-state index in [1.165, 1.54) is 6.07 Å². The second-order valence-corrected chi connectivity index (χ2v) is 9.64. The van der Waals surface area contributed by atoms with Gasteiger partial charge in [0.25, 0.3) is 5.91 Å². The highest BCUT2D eigenvalue weighted by Gasteiger charge is 2.32. The summed E-state index contributed by atoms with van der Waals surface area (Å²) in [5.41, 5.74) is 0.462. The van der Waals surface area contributed by atoms with Crippen molar-refractivity contribution in [3.63, 3.8) is 0 Å². The highest BCUT2D eigenvalue weighted by atomic mass is 32.2. The maximum Gasteiger partial charge on any atom is 0.253 e. The molecule has 0 aromatic heterocycles. The van der Waals surface area contributed by atoms with Crippen molar-refractivity contribution in [3.05, 3.63) is 29.8 Å². The number of carbonyl (C=O) groups is 1. The highest BCUT2D eigenvalue weighted by Crippen LogP contribution is 2.29. The lowest BCUT2D eigenvalue weighted by atomic mass is 9.92. The van der Waals surface area contributed by atoms with Crippen LogP contribution in [0.1, 0.15) is 36.0 Å². The average Bonchev–Trinajstić information content (AvgIpc) is 3.42. The Hall–Kier alpha value is -1.44. The van der Waals surface area contributed by atoms with Gasteiger partial charge in [0.2, 0.25) is 10.0 Å². The molecule has 0 spiro atoms. The lowest BCUT2D eigenvalue weighted by Crippen LogP contribution is -2.33. The van der Waals surface area contributed by atoms with Crippen molar-refractivity contribution in [2.24, 2.45) is 17.8 Å². The molecule has 6 nitrogen and oxygen atoms in total. The number of benzene rings is 1. The van der Waals surface area contributed by atoms with Gasteiger partial charge >= 0.3 is 0 Å². The maximum absolute atomic E-state index is 12.9. The summed E-state index contributed by atoms with van der Waals surface area (Å²) in [5, 5.41) is 3.44. The van der Waals surface area contributed by atoms with Crippen molar-refractivity contribution in [2.75, 3.05) is 32.7 Å². The zero-order valence-corrected chi connectivity index (χ0v) is 15.8. The predicted molar refractivity (Wildman–Crippen MR) is 99.3 cm³/mol. The molecular weight excluding hydrogens is 350 g/mol. The zero-order chi connectivity index (χ0) is 18.1. The summed E-state index contributed by atoms with van der Waals surface area (Å²) in [5.74, 6) is 1.73. The smallest absolute Gasteiger partial charge is 0.253 e. The molecule has 0 unspecified atom stereocenters. The van der Waals surface area contributed by atoms with Crippen LogP contribution in [0, 0.1) is 17.8 Å². The molecule has 1 amide bonds. The van der Waals surface area contributed by atoms with E-state index in [1.807, 2.05) is 4.90 Å². The van der Waals surface area contributed by atoms with Gasteiger partial charge in [-0.05, 0) is 74.7 Å². The Balaban J connectivity index is 1.46. The number of nitrogens with zero attached hydrogens (tertiary/aromatic N) is 1. The Kier molecular flexibility index (Phi) is 5.03. The Morgan fingerprint density at radius 1 is 1.12 bits per heavy atom. The van der Waals surface area contributed by atoms with E-state index in [0.29, 0.717) is 29.9 Å². The normalized spacial score (nSPS) is 26.4. The molecule has 0 bridgehead atoms. The van der Waals surface area contributed by atoms with Crippen LogP contribution < -0.4 is 10.0 Å². The predicted octanol–water partition coefficient (Wildman–Crippen LogP) is 1.45. The van der Waals surface area contributed by atoms with Gasteiger partial charge in [0.15, 0.2) is 0 Å². The van der Waals surface area contributed by atoms with Crippen molar-refractivity contribution < 1.29 is 13.2 Å². The highest BCUT2D eigenvalue weighted by molar-refractivity contribution is 7.89. The molecule has 1 aliphatic carbocycles. The lowest BCUT2D eigenvalue weighted by Gasteiger charge is -2.21. The Morgan fingerprint density at radius 3 is 2.46 bits per heavy atom. The molecule has 26 heavy (non-hydrogen) atoms. The molecule has 2 heterocycles. The standard InChI is InChI=1S/C19H27N3O3S/c23-19(22-8-6-16-12-20-13-17(16)7-9-22)15-2-1-3-18(10-15)26(24,25)21-11-14-4-5-14/h1-3,10,14,16-17,20-21H,4-9,11-13H2/t16-,17+. The minimum absolute atomic E-state index is 0.0582. The first-order chi connectivity index (χ1) is 12.5. The van der Waals surface area contributed by atoms with E-state index in [1.54, 1.807) is 18.2 Å². The van der Waals surface area contributed by atoms with Crippen LogP contribution in [0.25, 0.3) is 0 Å². The molecule has 142 valence electrons. The van der Waals surface area contributed by atoms with Crippen molar-refractivity contribution in [1.82, 2.24) is 14.9 Å². The molecule has 7 heteroatoms. The average molecular weight is 378 g/mol. The first-order valence-electron chi connectivity index (χ1n) is 9.62. The van der Waals surface area contributed by atoms with Crippen LogP contribution in [0.2, 0.25) is 0 Å². The fraction of sp³-hybridized carbons (Fsp3) is 0.632. The van der Waals surface area contributed by atoms with E-state index in [0.717, 1.165) is 51.9 Å². The van der Waals surface area contributed by atoms with Crippen molar-refractivity contribution in [3.8, 4) is 0 Å². The van der Waals surface area contributed by atoms with E-state index in [9.17, 15) is 13.2 Å². The zero-order valence-electron chi connectivity index (χ0n) is 15.0. The Morgan fingerprint density at radius 2 is 1.81 bits per heavy atom. The van der Waals surface area contributed by atoms with Gasteiger partial charge in [0, 0.05) is 25.2 Å². The number of hydrogen-bond donors (Lipinski definition) is 2. The molecular formula is C19H27N3O3S. The summed E-state index contributed by atoms with van der Waals surface area (Å²) >= 11 is 0. The van der Waals surface area contributed by atoms with Crippen molar-refractivity contribution in [1.29, 1.82) is 0 Å². The SMILES string of the molecule is O=C(c1cccc(S(=O)(=O)NCC2CC2)c1)N1CC[C@@H]2CNC[C@@H]2CC1. The van der Waals surface area contributed by atoms with Crippen LogP contribution in [0.15, 0.2) is 29.2 Å². The number of amides is 1. The van der Waals surface area contributed by atoms with Gasteiger partial charge in [-0.3, -0.25) is 4.79 Å². The molecule has 2 atom stereocenters. The number of carbonyl (C=O) groups excluding carboxylic acids is 1. The third-order valence-corrected chi connectivity index (χ3v) is 7.38. The lowest BCUT2D eigenvalue weighted by molar-refractivity contribution is 0.0758. The van der Waals surface area contributed by atoms with Crippen molar-refractivity contribution in [2.45, 2.75) is 30.6 Å². The van der Waals surface area contributed by atoms with Crippen LogP contribution in [0.5, 0.6) is 0 Å². The molecule has 3 aliphatic rings. The van der Waals surface area contributed by atoms with Gasteiger partial charge in [-0.1, -0.05) is 6.07 Å². The summed E-state index contributed by atoms with van der Waals surface area (Å²) in [6.07, 6.45) is 4.22. The monoisotopic (exact) mass is 377 g/mol. The molecule has 2 aliphatic heterocycles. The van der Waals surface area contributed by atoms with Gasteiger partial charge in [-0.15, -0.1) is 0 Å². The summed E-state index contributed by atoms with van der Waals surface area (Å²) in [7, 11) is -3.55. The van der Waals surface area contributed by atoms with Crippen molar-refractivity contribution >= 4 is 15.9 Å². The second-order valence-electron chi connectivity index (χ2n) is 7.87. The fourth-order valence-electron chi connectivity index (χ4n) is 4.03. The van der Waals surface area contributed by atoms with Gasteiger partial charge in [-0.25, -0.2) is 13.1 Å². The number of rotatable bonds is 5. The third-order valence-electron chi connectivity index (χ3n) is 5.96. The molecule has 0 radical (unpaired) electrons. The minimum Gasteiger partial charge on any atom is -0.339 e. The maximum atomic E-state index is 12.9. The molecule has 1 aromatic carbocycles. The van der Waals surface area contributed by atoms with E-state index >= 15 is 0 Å². The van der Waals surface area contributed by atoms with Crippen LogP contribution in [0.3, 0.4) is 0 Å². The van der Waals surface area contributed by atoms with E-state index in [4.69, 9.17) is 0 Å². The number of fused-ring (bicyclic) bond motifs is 1. The third kappa shape index (κ3) is 3.94. The molecule has 2 saturated heterocycles. The van der Waals surface area contributed by atoms with Gasteiger partial charge in [0.05, 0.1) is 4.90 Å². The molecule has 3 fully saturated rings. The Labute approximate surface area is 155 Å². The summed E-state index contributed by atoms with van der Waals surface area (Å²) in [6, 6.07) is 6.46. The van der Waals surface area contributed by atoms with Crippen LogP contribution >= 0.6 is 0 Å². The quantitative estimate of drug-likeness (QED) is 0.814. The number of sulfonamides is 1. The molecule has 2 N–H and O–H groups in total. The number of likely N-dealkylation sites (tertiary alicyclic amines) is 1. The number of nitrogens with one attached hydrogen (secondary N) is 2. The largest absolute Gasteiger partial charge is 0.339 e. The molecule has 1 aromatic rings. The Bertz CT molecular complexity index is 762. The summed E-state index contributed by atoms with van der Waals surface area (Å²) < 4.78 is 27.6. The van der Waals surface area contributed by atoms with E-state index < -0.39 is 10.0 Å². The van der Waals surface area contributed by atoms with Crippen LogP contribution in [0.4, 0.5) is 0 Å². The van der Waals surface area contributed by atoms with E-state index in [-0.39, 0.29) is 10.8 Å². The fourth-order valence-corrected chi connectivity index (χ4v) is 5.19. The second kappa shape index (κ2) is 7.29. The first kappa shape index (κ1) is 17.9. The summed E-state index contributed by atoms with van der Waals surface area (Å²) in [4.78, 5) is 15.0. The molecule has 1 saturated carbocycles. The molecule has 4 rings (SSSR count). The van der Waals surface area contributed by atoms with Crippen LogP contribution in [-0.4, -0.2) is 51.9 Å². The number of hydrogen-bond acceptors (Lipinski definition) is 4. The van der Waals surface area contributed by atoms with Gasteiger partial charge < -0.3 is 10.2 Å². The van der Waals surface area contributed by atoms with Gasteiger partial charge in [-0.2, -0.15) is 0 Å². The van der Waals surface area contributed by atoms with Gasteiger partial charge in [0.1, 0.15) is 0 Å².